The smallest absolute Gasteiger partial charge is 0.322 e. The van der Waals surface area contributed by atoms with Crippen molar-refractivity contribution in [1.82, 2.24) is 10.2 Å². The van der Waals surface area contributed by atoms with Crippen molar-refractivity contribution in [2.24, 2.45) is 5.73 Å². The fraction of sp³-hybridized carbons (Fsp3) is 0.231. The van der Waals surface area contributed by atoms with E-state index in [1.165, 1.54) is 7.11 Å². The lowest BCUT2D eigenvalue weighted by atomic mass is 10.0. The number of nitrogens with zero attached hydrogens (tertiary/aromatic N) is 1. The molecule has 0 saturated carbocycles. The van der Waals surface area contributed by atoms with Gasteiger partial charge in [-0.05, 0) is 29.7 Å². The van der Waals surface area contributed by atoms with Crippen molar-refractivity contribution < 1.29 is 9.53 Å². The Balaban J connectivity index is 2.15. The molecule has 18 heavy (non-hydrogen) atoms. The van der Waals surface area contributed by atoms with Crippen molar-refractivity contribution in [3.63, 3.8) is 0 Å². The molecule has 0 bridgehead atoms. The molecular weight excluding hydrogens is 230 g/mol. The van der Waals surface area contributed by atoms with Gasteiger partial charge in [0, 0.05) is 6.20 Å². The Kier molecular flexibility index (Phi) is 3.74. The van der Waals surface area contributed by atoms with E-state index >= 15 is 0 Å². The molecule has 5 nitrogen and oxygen atoms in total. The third-order valence-corrected chi connectivity index (χ3v) is 2.70. The zero-order chi connectivity index (χ0) is 13.0. The fourth-order valence-electron chi connectivity index (χ4n) is 1.77. The van der Waals surface area contributed by atoms with Crippen LogP contribution in [0.15, 0.2) is 36.5 Å². The molecule has 1 aromatic heterocycles. The first-order valence-corrected chi connectivity index (χ1v) is 5.63. The number of hydrogen-bond donors (Lipinski definition) is 2. The molecule has 0 aliphatic carbocycles. The van der Waals surface area contributed by atoms with Gasteiger partial charge in [-0.25, -0.2) is 0 Å². The molecule has 0 fully saturated rings. The van der Waals surface area contributed by atoms with Gasteiger partial charge in [-0.2, -0.15) is 5.10 Å². The predicted molar refractivity (Wildman–Crippen MR) is 67.7 cm³/mol. The summed E-state index contributed by atoms with van der Waals surface area (Å²) in [5.41, 5.74) is 8.67. The average molecular weight is 245 g/mol. The second kappa shape index (κ2) is 5.46. The molecule has 0 aliphatic heterocycles. The van der Waals surface area contributed by atoms with Crippen molar-refractivity contribution >= 4 is 5.97 Å². The Morgan fingerprint density at radius 2 is 2.33 bits per heavy atom. The summed E-state index contributed by atoms with van der Waals surface area (Å²) in [5.74, 6) is -0.401. The number of carbonyl (C=O) groups is 1. The van der Waals surface area contributed by atoms with Crippen LogP contribution in [0.4, 0.5) is 0 Å². The van der Waals surface area contributed by atoms with Crippen molar-refractivity contribution in [2.45, 2.75) is 12.5 Å². The van der Waals surface area contributed by atoms with Crippen LogP contribution in [-0.2, 0) is 16.0 Å². The highest BCUT2D eigenvalue weighted by atomic mass is 16.5. The number of nitrogens with two attached hydrogens (primary N) is 1. The fourth-order valence-corrected chi connectivity index (χ4v) is 1.77. The topological polar surface area (TPSA) is 81.0 Å². The second-order valence-corrected chi connectivity index (χ2v) is 4.00. The monoisotopic (exact) mass is 245 g/mol. The third kappa shape index (κ3) is 2.75. The van der Waals surface area contributed by atoms with Crippen LogP contribution in [0.3, 0.4) is 0 Å². The van der Waals surface area contributed by atoms with Crippen molar-refractivity contribution in [2.75, 3.05) is 7.11 Å². The van der Waals surface area contributed by atoms with Gasteiger partial charge in [-0.3, -0.25) is 9.89 Å². The van der Waals surface area contributed by atoms with Gasteiger partial charge >= 0.3 is 5.97 Å². The van der Waals surface area contributed by atoms with Crippen LogP contribution in [0.25, 0.3) is 11.3 Å². The summed E-state index contributed by atoms with van der Waals surface area (Å²) in [6.45, 7) is 0. The van der Waals surface area contributed by atoms with E-state index in [1.54, 1.807) is 6.20 Å². The van der Waals surface area contributed by atoms with Gasteiger partial charge < -0.3 is 10.5 Å². The summed E-state index contributed by atoms with van der Waals surface area (Å²) in [7, 11) is 1.34. The average Bonchev–Trinajstić information content (AvgIpc) is 2.92. The maximum absolute atomic E-state index is 11.3. The summed E-state index contributed by atoms with van der Waals surface area (Å²) >= 11 is 0. The Bertz CT molecular complexity index is 523. The molecule has 0 amide bonds. The summed E-state index contributed by atoms with van der Waals surface area (Å²) in [5, 5.41) is 6.80. The maximum atomic E-state index is 11.3. The number of aromatic nitrogens is 2. The highest BCUT2D eigenvalue weighted by Gasteiger charge is 2.14. The molecular formula is C13H15N3O2. The van der Waals surface area contributed by atoms with Gasteiger partial charge in [0.05, 0.1) is 12.8 Å². The van der Waals surface area contributed by atoms with E-state index in [-0.39, 0.29) is 0 Å². The van der Waals surface area contributed by atoms with Crippen LogP contribution in [0.5, 0.6) is 0 Å². The Hall–Kier alpha value is -2.14. The molecule has 0 radical (unpaired) electrons. The quantitative estimate of drug-likeness (QED) is 0.791. The predicted octanol–water partition coefficient (Wildman–Crippen LogP) is 1.12. The molecule has 1 unspecified atom stereocenters. The van der Waals surface area contributed by atoms with Gasteiger partial charge in [-0.15, -0.1) is 0 Å². The van der Waals surface area contributed by atoms with E-state index in [9.17, 15) is 4.79 Å². The number of nitrogens with one attached hydrogen (secondary N) is 1. The summed E-state index contributed by atoms with van der Waals surface area (Å²) in [6.07, 6.45) is 2.15. The standard InChI is InChI=1S/C13H15N3O2/c1-18-13(17)11(14)8-9-3-2-4-10(7-9)12-5-6-15-16-12/h2-7,11H,8,14H2,1H3,(H,15,16). The number of aromatic amines is 1. The highest BCUT2D eigenvalue weighted by Crippen LogP contribution is 2.18. The number of carbonyl (C=O) groups excluding carboxylic acids is 1. The molecule has 94 valence electrons. The molecule has 0 spiro atoms. The first-order chi connectivity index (χ1) is 8.70. The van der Waals surface area contributed by atoms with Crippen LogP contribution in [0, 0.1) is 0 Å². The molecule has 1 heterocycles. The van der Waals surface area contributed by atoms with Crippen molar-refractivity contribution in [3.8, 4) is 11.3 Å². The van der Waals surface area contributed by atoms with E-state index in [1.807, 2.05) is 30.3 Å². The van der Waals surface area contributed by atoms with Gasteiger partial charge in [0.1, 0.15) is 6.04 Å². The number of rotatable bonds is 4. The molecule has 0 aliphatic rings. The SMILES string of the molecule is COC(=O)C(N)Cc1cccc(-c2ccn[nH]2)c1. The van der Waals surface area contributed by atoms with Crippen LogP contribution < -0.4 is 5.73 Å². The zero-order valence-electron chi connectivity index (χ0n) is 10.1. The lowest BCUT2D eigenvalue weighted by Gasteiger charge is -2.09. The van der Waals surface area contributed by atoms with Crippen molar-refractivity contribution in [1.29, 1.82) is 0 Å². The molecule has 0 saturated heterocycles. The molecule has 5 heteroatoms. The molecule has 2 aromatic rings. The van der Waals surface area contributed by atoms with Crippen LogP contribution in [-0.4, -0.2) is 29.3 Å². The van der Waals surface area contributed by atoms with Gasteiger partial charge in [0.15, 0.2) is 0 Å². The van der Waals surface area contributed by atoms with Gasteiger partial charge in [0.2, 0.25) is 0 Å². The molecule has 1 atom stereocenters. The van der Waals surface area contributed by atoms with Gasteiger partial charge in [0.25, 0.3) is 0 Å². The lowest BCUT2D eigenvalue weighted by Crippen LogP contribution is -2.33. The van der Waals surface area contributed by atoms with E-state index in [0.29, 0.717) is 6.42 Å². The number of benzene rings is 1. The normalized spacial score (nSPS) is 12.1. The van der Waals surface area contributed by atoms with Crippen LogP contribution >= 0.6 is 0 Å². The zero-order valence-corrected chi connectivity index (χ0v) is 10.1. The van der Waals surface area contributed by atoms with E-state index in [4.69, 9.17) is 5.73 Å². The minimum Gasteiger partial charge on any atom is -0.468 e. The number of H-pyrrole nitrogens is 1. The number of ether oxygens (including phenoxy) is 1. The summed E-state index contributed by atoms with van der Waals surface area (Å²) in [6, 6.07) is 9.07. The minimum absolute atomic E-state index is 0.401. The first kappa shape index (κ1) is 12.3. The third-order valence-electron chi connectivity index (χ3n) is 2.70. The first-order valence-electron chi connectivity index (χ1n) is 5.63. The van der Waals surface area contributed by atoms with E-state index in [2.05, 4.69) is 14.9 Å². The molecule has 3 N–H and O–H groups in total. The lowest BCUT2D eigenvalue weighted by molar-refractivity contribution is -0.142. The van der Waals surface area contributed by atoms with Crippen molar-refractivity contribution in [3.05, 3.63) is 42.1 Å². The number of methoxy groups -OCH3 is 1. The number of esters is 1. The largest absolute Gasteiger partial charge is 0.468 e. The van der Waals surface area contributed by atoms with Crippen LogP contribution in [0.2, 0.25) is 0 Å². The Morgan fingerprint density at radius 3 is 3.00 bits per heavy atom. The van der Waals surface area contributed by atoms with Crippen LogP contribution in [0.1, 0.15) is 5.56 Å². The Labute approximate surface area is 105 Å². The summed E-state index contributed by atoms with van der Waals surface area (Å²) in [4.78, 5) is 11.3. The molecule has 2 rings (SSSR count). The maximum Gasteiger partial charge on any atom is 0.322 e. The number of hydrogen-bond acceptors (Lipinski definition) is 4. The Morgan fingerprint density at radius 1 is 1.50 bits per heavy atom. The highest BCUT2D eigenvalue weighted by molar-refractivity contribution is 5.75. The summed E-state index contributed by atoms with van der Waals surface area (Å²) < 4.78 is 4.61. The van der Waals surface area contributed by atoms with Gasteiger partial charge in [-0.1, -0.05) is 18.2 Å². The second-order valence-electron chi connectivity index (χ2n) is 4.00. The molecule has 1 aromatic carbocycles. The van der Waals surface area contributed by atoms with E-state index < -0.39 is 12.0 Å². The van der Waals surface area contributed by atoms with E-state index in [0.717, 1.165) is 16.8 Å². The minimum atomic E-state index is -0.632.